The molecule has 3 aliphatic heterocycles. The third-order valence-electron chi connectivity index (χ3n) is 8.05. The molecule has 0 bridgehead atoms. The van der Waals surface area contributed by atoms with E-state index in [2.05, 4.69) is 9.88 Å². The number of hydrogen-bond acceptors (Lipinski definition) is 6. The van der Waals surface area contributed by atoms with Crippen molar-refractivity contribution in [1.29, 1.82) is 0 Å². The van der Waals surface area contributed by atoms with E-state index in [1.165, 1.54) is 0 Å². The SMILES string of the molecule is COc1ccc2[nH]c3c(c2c1)CC1(C)C(=O)N(CCN2CCOCC2)CC(=O)N1C3c1cccc(O)c1. The Morgan fingerprint density at radius 1 is 1.14 bits per heavy atom. The molecule has 37 heavy (non-hydrogen) atoms. The number of nitrogens with one attached hydrogen (secondary N) is 1. The number of fused-ring (bicyclic) bond motifs is 4. The lowest BCUT2D eigenvalue weighted by molar-refractivity contribution is -0.167. The first-order valence-electron chi connectivity index (χ1n) is 12.8. The van der Waals surface area contributed by atoms with Crippen molar-refractivity contribution < 1.29 is 24.2 Å². The van der Waals surface area contributed by atoms with Crippen LogP contribution in [0.25, 0.3) is 10.9 Å². The van der Waals surface area contributed by atoms with Gasteiger partial charge in [-0.2, -0.15) is 0 Å². The zero-order valence-electron chi connectivity index (χ0n) is 21.2. The van der Waals surface area contributed by atoms with Crippen LogP contribution in [0.1, 0.15) is 29.8 Å². The number of morpholine rings is 1. The molecule has 0 spiro atoms. The predicted octanol–water partition coefficient (Wildman–Crippen LogP) is 2.29. The molecular weight excluding hydrogens is 472 g/mol. The first-order valence-corrected chi connectivity index (χ1v) is 12.8. The van der Waals surface area contributed by atoms with Crippen LogP contribution in [0.4, 0.5) is 0 Å². The van der Waals surface area contributed by atoms with Gasteiger partial charge in [-0.25, -0.2) is 0 Å². The average Bonchev–Trinajstić information content (AvgIpc) is 3.26. The van der Waals surface area contributed by atoms with E-state index in [1.807, 2.05) is 31.2 Å². The van der Waals surface area contributed by atoms with E-state index in [9.17, 15) is 14.7 Å². The summed E-state index contributed by atoms with van der Waals surface area (Å²) in [6.07, 6.45) is 0.392. The molecule has 3 aliphatic rings. The fourth-order valence-corrected chi connectivity index (χ4v) is 6.17. The van der Waals surface area contributed by atoms with Gasteiger partial charge in [-0.3, -0.25) is 14.5 Å². The van der Waals surface area contributed by atoms with Crippen LogP contribution in [-0.4, -0.2) is 95.2 Å². The molecule has 2 aromatic carbocycles. The number of hydrogen-bond donors (Lipinski definition) is 2. The van der Waals surface area contributed by atoms with Crippen LogP contribution in [0.2, 0.25) is 0 Å². The number of H-pyrrole nitrogens is 1. The molecule has 9 heteroatoms. The highest BCUT2D eigenvalue weighted by molar-refractivity contribution is 6.00. The minimum atomic E-state index is -1.07. The highest BCUT2D eigenvalue weighted by Gasteiger charge is 2.56. The molecule has 2 fully saturated rings. The van der Waals surface area contributed by atoms with Crippen LogP contribution in [0.15, 0.2) is 42.5 Å². The number of nitrogens with zero attached hydrogens (tertiary/aromatic N) is 3. The number of carbonyl (C=O) groups excluding carboxylic acids is 2. The van der Waals surface area contributed by atoms with Crippen molar-refractivity contribution in [2.75, 3.05) is 53.0 Å². The molecule has 3 aromatic rings. The minimum Gasteiger partial charge on any atom is -0.508 e. The monoisotopic (exact) mass is 504 g/mol. The summed E-state index contributed by atoms with van der Waals surface area (Å²) in [7, 11) is 1.63. The van der Waals surface area contributed by atoms with E-state index in [-0.39, 0.29) is 24.1 Å². The Bertz CT molecular complexity index is 1360. The number of phenols is 1. The normalized spacial score (nSPS) is 24.3. The van der Waals surface area contributed by atoms with Gasteiger partial charge in [0.2, 0.25) is 11.8 Å². The molecule has 9 nitrogen and oxygen atoms in total. The zero-order valence-corrected chi connectivity index (χ0v) is 21.2. The van der Waals surface area contributed by atoms with Gasteiger partial charge in [0.25, 0.3) is 0 Å². The number of benzene rings is 2. The summed E-state index contributed by atoms with van der Waals surface area (Å²) in [5, 5.41) is 11.3. The average molecular weight is 505 g/mol. The summed E-state index contributed by atoms with van der Waals surface area (Å²) < 4.78 is 10.9. The predicted molar refractivity (Wildman–Crippen MR) is 138 cm³/mol. The molecule has 2 unspecified atom stereocenters. The molecule has 0 radical (unpaired) electrons. The Kier molecular flexibility index (Phi) is 5.84. The van der Waals surface area contributed by atoms with Crippen molar-refractivity contribution in [3.63, 3.8) is 0 Å². The Morgan fingerprint density at radius 2 is 1.95 bits per heavy atom. The van der Waals surface area contributed by atoms with Crippen LogP contribution in [0.5, 0.6) is 11.5 Å². The molecule has 0 saturated carbocycles. The fourth-order valence-electron chi connectivity index (χ4n) is 6.17. The smallest absolute Gasteiger partial charge is 0.249 e. The van der Waals surface area contributed by atoms with Gasteiger partial charge in [0.05, 0.1) is 32.9 Å². The first kappa shape index (κ1) is 23.8. The molecule has 2 N–H and O–H groups in total. The highest BCUT2D eigenvalue weighted by Crippen LogP contribution is 2.47. The van der Waals surface area contributed by atoms with E-state index in [1.54, 1.807) is 35.1 Å². The molecule has 2 saturated heterocycles. The van der Waals surface area contributed by atoms with Crippen molar-refractivity contribution in [1.82, 2.24) is 19.7 Å². The number of aromatic hydroxyl groups is 1. The standard InChI is InChI=1S/C28H32N4O5/c1-28-16-22-21-15-20(36-2)6-7-23(21)29-25(22)26(18-4-3-5-19(33)14-18)32(28)24(34)17-31(27(28)35)9-8-30-10-12-37-13-11-30/h3-7,14-15,26,29,33H,8-13,16-17H2,1-2H3. The van der Waals surface area contributed by atoms with Crippen molar-refractivity contribution in [2.24, 2.45) is 0 Å². The molecule has 4 heterocycles. The van der Waals surface area contributed by atoms with Crippen LogP contribution < -0.4 is 4.74 Å². The second-order valence-electron chi connectivity index (χ2n) is 10.3. The number of aromatic amines is 1. The minimum absolute atomic E-state index is 0.0392. The second-order valence-corrected chi connectivity index (χ2v) is 10.3. The number of rotatable bonds is 5. The van der Waals surface area contributed by atoms with E-state index < -0.39 is 11.6 Å². The third-order valence-corrected chi connectivity index (χ3v) is 8.05. The third kappa shape index (κ3) is 3.93. The Labute approximate surface area is 215 Å². The Morgan fingerprint density at radius 3 is 2.70 bits per heavy atom. The molecule has 2 atom stereocenters. The number of aromatic nitrogens is 1. The fraction of sp³-hybridized carbons (Fsp3) is 0.429. The van der Waals surface area contributed by atoms with Crippen molar-refractivity contribution >= 4 is 22.7 Å². The van der Waals surface area contributed by atoms with E-state index >= 15 is 0 Å². The summed E-state index contributed by atoms with van der Waals surface area (Å²) in [6, 6.07) is 12.3. The van der Waals surface area contributed by atoms with Gasteiger partial charge in [-0.1, -0.05) is 12.1 Å². The maximum absolute atomic E-state index is 14.1. The molecule has 2 amide bonds. The van der Waals surface area contributed by atoms with Gasteiger partial charge in [0, 0.05) is 49.2 Å². The number of phenolic OH excluding ortho intramolecular Hbond substituents is 1. The summed E-state index contributed by atoms with van der Waals surface area (Å²) in [6.45, 7) is 6.18. The maximum atomic E-state index is 14.1. The van der Waals surface area contributed by atoms with Gasteiger partial charge >= 0.3 is 0 Å². The number of carbonyl (C=O) groups is 2. The quantitative estimate of drug-likeness (QED) is 0.553. The van der Waals surface area contributed by atoms with E-state index in [4.69, 9.17) is 9.47 Å². The summed E-state index contributed by atoms with van der Waals surface area (Å²) in [4.78, 5) is 37.2. The number of methoxy groups -OCH3 is 1. The summed E-state index contributed by atoms with van der Waals surface area (Å²) in [5.41, 5.74) is 2.48. The van der Waals surface area contributed by atoms with Crippen LogP contribution in [0, 0.1) is 0 Å². The number of amides is 2. The Balaban J connectivity index is 1.43. The molecule has 194 valence electrons. The van der Waals surface area contributed by atoms with E-state index in [0.717, 1.165) is 46.6 Å². The largest absolute Gasteiger partial charge is 0.508 e. The topological polar surface area (TPSA) is 98.3 Å². The van der Waals surface area contributed by atoms with Gasteiger partial charge in [0.15, 0.2) is 0 Å². The number of piperazine rings is 1. The van der Waals surface area contributed by atoms with E-state index in [0.29, 0.717) is 32.7 Å². The van der Waals surface area contributed by atoms with Crippen LogP contribution in [0.3, 0.4) is 0 Å². The zero-order chi connectivity index (χ0) is 25.7. The molecule has 0 aliphatic carbocycles. The lowest BCUT2D eigenvalue weighted by Gasteiger charge is -2.53. The van der Waals surface area contributed by atoms with Crippen molar-refractivity contribution in [3.8, 4) is 11.5 Å². The summed E-state index contributed by atoms with van der Waals surface area (Å²) >= 11 is 0. The lowest BCUT2D eigenvalue weighted by Crippen LogP contribution is -2.70. The van der Waals surface area contributed by atoms with Gasteiger partial charge in [0.1, 0.15) is 17.0 Å². The van der Waals surface area contributed by atoms with Crippen molar-refractivity contribution in [3.05, 3.63) is 59.3 Å². The van der Waals surface area contributed by atoms with Gasteiger partial charge in [-0.15, -0.1) is 0 Å². The van der Waals surface area contributed by atoms with Crippen molar-refractivity contribution in [2.45, 2.75) is 24.9 Å². The summed E-state index contributed by atoms with van der Waals surface area (Å²) in [5.74, 6) is 0.703. The van der Waals surface area contributed by atoms with Gasteiger partial charge in [-0.05, 0) is 48.4 Å². The maximum Gasteiger partial charge on any atom is 0.249 e. The highest BCUT2D eigenvalue weighted by atomic mass is 16.5. The van der Waals surface area contributed by atoms with Gasteiger partial charge < -0.3 is 29.4 Å². The first-order chi connectivity index (χ1) is 17.9. The lowest BCUT2D eigenvalue weighted by atomic mass is 9.78. The Hall–Kier alpha value is -3.56. The van der Waals surface area contributed by atoms with Crippen LogP contribution in [-0.2, 0) is 20.7 Å². The molecule has 1 aromatic heterocycles. The second kappa shape index (κ2) is 9.08. The van der Waals surface area contributed by atoms with Crippen LogP contribution >= 0.6 is 0 Å². The molecule has 6 rings (SSSR count). The number of ether oxygens (including phenoxy) is 2. The molecular formula is C28H32N4O5.